The number of carbonyl (C=O) groups is 1. The van der Waals surface area contributed by atoms with E-state index in [1.54, 1.807) is 0 Å². The van der Waals surface area contributed by atoms with Crippen LogP contribution in [-0.2, 0) is 9.53 Å². The lowest BCUT2D eigenvalue weighted by atomic mass is 9.87. The van der Waals surface area contributed by atoms with E-state index in [4.69, 9.17) is 4.74 Å². The standard InChI is InChI=1S/C15H14F2N2O3/c16-7-1-3-11(10(17)5-7)19-14-9(13(18-19)15(20)21)6-8-2-4-12(14)22-8/h1,3,5,8-9,12,14H,2,4,6H2,(H,20,21). The number of nitrogens with zero attached hydrogens (tertiary/aromatic N) is 2. The average Bonchev–Trinajstić information content (AvgIpc) is 3.02. The van der Waals surface area contributed by atoms with Crippen LogP contribution in [0.3, 0.4) is 0 Å². The molecule has 2 fully saturated rings. The number of carboxylic acids is 1. The van der Waals surface area contributed by atoms with Gasteiger partial charge in [-0.1, -0.05) is 0 Å². The van der Waals surface area contributed by atoms with E-state index >= 15 is 0 Å². The Bertz CT molecular complexity index is 679. The molecule has 0 spiro atoms. The Kier molecular flexibility index (Phi) is 2.94. The van der Waals surface area contributed by atoms with Crippen LogP contribution in [0.15, 0.2) is 23.3 Å². The van der Waals surface area contributed by atoms with Crippen molar-refractivity contribution in [3.05, 3.63) is 29.8 Å². The van der Waals surface area contributed by atoms with Gasteiger partial charge >= 0.3 is 5.97 Å². The molecule has 0 aliphatic carbocycles. The van der Waals surface area contributed by atoms with Crippen LogP contribution >= 0.6 is 0 Å². The van der Waals surface area contributed by atoms with Crippen LogP contribution in [0.4, 0.5) is 14.5 Å². The topological polar surface area (TPSA) is 62.1 Å². The third-order valence-electron chi connectivity index (χ3n) is 4.68. The second-order valence-electron chi connectivity index (χ2n) is 5.94. The van der Waals surface area contributed by atoms with Crippen LogP contribution in [0, 0.1) is 17.6 Å². The highest BCUT2D eigenvalue weighted by Gasteiger charge is 2.53. The number of hydrogen-bond acceptors (Lipinski definition) is 4. The highest BCUT2D eigenvalue weighted by atomic mass is 19.1. The first-order valence-corrected chi connectivity index (χ1v) is 7.26. The summed E-state index contributed by atoms with van der Waals surface area (Å²) in [5.74, 6) is -2.82. The molecule has 0 aromatic heterocycles. The Labute approximate surface area is 125 Å². The van der Waals surface area contributed by atoms with E-state index in [0.29, 0.717) is 6.42 Å². The summed E-state index contributed by atoms with van der Waals surface area (Å²) in [6, 6.07) is 2.87. The van der Waals surface area contributed by atoms with E-state index in [1.807, 2.05) is 0 Å². The zero-order valence-corrected chi connectivity index (χ0v) is 11.6. The van der Waals surface area contributed by atoms with Crippen molar-refractivity contribution in [2.45, 2.75) is 37.5 Å². The number of rotatable bonds is 2. The van der Waals surface area contributed by atoms with Crippen molar-refractivity contribution in [1.29, 1.82) is 0 Å². The Morgan fingerprint density at radius 3 is 2.91 bits per heavy atom. The van der Waals surface area contributed by atoms with Crippen molar-refractivity contribution in [1.82, 2.24) is 0 Å². The van der Waals surface area contributed by atoms with Gasteiger partial charge in [0.25, 0.3) is 0 Å². The molecule has 7 heteroatoms. The van der Waals surface area contributed by atoms with Gasteiger partial charge in [-0.3, -0.25) is 5.01 Å². The van der Waals surface area contributed by atoms with E-state index in [2.05, 4.69) is 5.10 Å². The fourth-order valence-electron chi connectivity index (χ4n) is 3.78. The molecule has 3 aliphatic heterocycles. The van der Waals surface area contributed by atoms with Gasteiger partial charge in [-0.15, -0.1) is 0 Å². The van der Waals surface area contributed by atoms with Crippen molar-refractivity contribution < 1.29 is 23.4 Å². The Hall–Kier alpha value is -2.02. The number of benzene rings is 1. The number of aliphatic carboxylic acids is 1. The van der Waals surface area contributed by atoms with Gasteiger partial charge in [0.05, 0.1) is 23.9 Å². The summed E-state index contributed by atoms with van der Waals surface area (Å²) < 4.78 is 33.1. The fourth-order valence-corrected chi connectivity index (χ4v) is 3.78. The van der Waals surface area contributed by atoms with Crippen LogP contribution in [0.2, 0.25) is 0 Å². The SMILES string of the molecule is O=C(O)C1=NN(c2ccc(F)cc2F)C2C3CCC(CC12)O3. The van der Waals surface area contributed by atoms with Gasteiger partial charge in [0.1, 0.15) is 5.82 Å². The number of anilines is 1. The molecule has 5 nitrogen and oxygen atoms in total. The number of ether oxygens (including phenoxy) is 1. The summed E-state index contributed by atoms with van der Waals surface area (Å²) in [6.07, 6.45) is 2.13. The molecule has 3 heterocycles. The Balaban J connectivity index is 1.78. The molecular weight excluding hydrogens is 294 g/mol. The molecule has 1 aromatic rings. The molecule has 0 radical (unpaired) electrons. The normalized spacial score (nSPS) is 32.8. The monoisotopic (exact) mass is 308 g/mol. The molecule has 22 heavy (non-hydrogen) atoms. The van der Waals surface area contributed by atoms with Crippen LogP contribution in [0.5, 0.6) is 0 Å². The number of halogens is 2. The van der Waals surface area contributed by atoms with Gasteiger partial charge < -0.3 is 9.84 Å². The van der Waals surface area contributed by atoms with Crippen LogP contribution in [-0.4, -0.2) is 35.0 Å². The molecule has 0 saturated carbocycles. The highest BCUT2D eigenvalue weighted by molar-refractivity contribution is 6.37. The minimum absolute atomic E-state index is 0.0360. The first-order valence-electron chi connectivity index (χ1n) is 7.26. The molecule has 1 N–H and O–H groups in total. The van der Waals surface area contributed by atoms with Crippen molar-refractivity contribution in [3.63, 3.8) is 0 Å². The lowest BCUT2D eigenvalue weighted by Crippen LogP contribution is -2.48. The molecule has 3 aliphatic rings. The lowest BCUT2D eigenvalue weighted by molar-refractivity contribution is -0.129. The molecule has 4 atom stereocenters. The summed E-state index contributed by atoms with van der Waals surface area (Å²) in [4.78, 5) is 11.5. The molecular formula is C15H14F2N2O3. The molecule has 4 rings (SSSR count). The Morgan fingerprint density at radius 2 is 2.18 bits per heavy atom. The molecule has 116 valence electrons. The fraction of sp³-hybridized carbons (Fsp3) is 0.467. The van der Waals surface area contributed by atoms with Crippen molar-refractivity contribution in [2.75, 3.05) is 5.01 Å². The minimum Gasteiger partial charge on any atom is -0.477 e. The molecule has 1 aromatic carbocycles. The average molecular weight is 308 g/mol. The third-order valence-corrected chi connectivity index (χ3v) is 4.68. The molecule has 0 amide bonds. The quantitative estimate of drug-likeness (QED) is 0.909. The maximum Gasteiger partial charge on any atom is 0.352 e. The second kappa shape index (κ2) is 4.74. The van der Waals surface area contributed by atoms with E-state index in [-0.39, 0.29) is 35.6 Å². The zero-order chi connectivity index (χ0) is 15.4. The molecule has 4 unspecified atom stereocenters. The maximum absolute atomic E-state index is 14.1. The molecule has 2 saturated heterocycles. The smallest absolute Gasteiger partial charge is 0.352 e. The maximum atomic E-state index is 14.1. The summed E-state index contributed by atoms with van der Waals surface area (Å²) in [5, 5.41) is 14.9. The van der Waals surface area contributed by atoms with Gasteiger partial charge in [-0.05, 0) is 31.4 Å². The summed E-state index contributed by atoms with van der Waals surface area (Å²) in [6.45, 7) is 0. The van der Waals surface area contributed by atoms with Crippen molar-refractivity contribution in [3.8, 4) is 0 Å². The van der Waals surface area contributed by atoms with Crippen LogP contribution in [0.1, 0.15) is 19.3 Å². The first kappa shape index (κ1) is 13.6. The molecule has 2 bridgehead atoms. The number of fused-ring (bicyclic) bond motifs is 4. The minimum atomic E-state index is -1.10. The predicted molar refractivity (Wildman–Crippen MR) is 73.7 cm³/mol. The summed E-state index contributed by atoms with van der Waals surface area (Å²) in [7, 11) is 0. The van der Waals surface area contributed by atoms with Gasteiger partial charge in [0, 0.05) is 12.0 Å². The Morgan fingerprint density at radius 1 is 1.36 bits per heavy atom. The summed E-state index contributed by atoms with van der Waals surface area (Å²) >= 11 is 0. The van der Waals surface area contributed by atoms with E-state index in [1.165, 1.54) is 11.1 Å². The third kappa shape index (κ3) is 1.92. The predicted octanol–water partition coefficient (Wildman–Crippen LogP) is 2.16. The highest BCUT2D eigenvalue weighted by Crippen LogP contribution is 2.44. The lowest BCUT2D eigenvalue weighted by Gasteiger charge is -2.36. The summed E-state index contributed by atoms with van der Waals surface area (Å²) in [5.41, 5.74) is 0.121. The van der Waals surface area contributed by atoms with Crippen LogP contribution < -0.4 is 5.01 Å². The first-order chi connectivity index (χ1) is 10.5. The van der Waals surface area contributed by atoms with Crippen LogP contribution in [0.25, 0.3) is 0 Å². The number of carboxylic acid groups (broad SMARTS) is 1. The van der Waals surface area contributed by atoms with Gasteiger partial charge in [-0.2, -0.15) is 5.10 Å². The van der Waals surface area contributed by atoms with Gasteiger partial charge in [-0.25, -0.2) is 13.6 Å². The zero-order valence-electron chi connectivity index (χ0n) is 11.6. The van der Waals surface area contributed by atoms with Crippen molar-refractivity contribution in [2.24, 2.45) is 11.0 Å². The second-order valence-corrected chi connectivity index (χ2v) is 5.94. The van der Waals surface area contributed by atoms with E-state index in [0.717, 1.165) is 25.0 Å². The van der Waals surface area contributed by atoms with Gasteiger partial charge in [0.2, 0.25) is 0 Å². The van der Waals surface area contributed by atoms with E-state index < -0.39 is 17.6 Å². The van der Waals surface area contributed by atoms with Gasteiger partial charge in [0.15, 0.2) is 11.5 Å². The van der Waals surface area contributed by atoms with Crippen molar-refractivity contribution >= 4 is 17.4 Å². The largest absolute Gasteiger partial charge is 0.477 e. The number of hydrazone groups is 1. The number of hydrogen-bond donors (Lipinski definition) is 1. The van der Waals surface area contributed by atoms with E-state index in [9.17, 15) is 18.7 Å².